The molecule has 2 amide bonds. The van der Waals surface area contributed by atoms with Gasteiger partial charge in [0.2, 0.25) is 0 Å². The highest BCUT2D eigenvalue weighted by atomic mass is 79.9. The summed E-state index contributed by atoms with van der Waals surface area (Å²) in [7, 11) is 1.57. The van der Waals surface area contributed by atoms with Crippen molar-refractivity contribution >= 4 is 27.6 Å². The SMILES string of the molecule is COc1cc(Br)cc(NC(=O)N(CCO)C(C)C)c1. The summed E-state index contributed by atoms with van der Waals surface area (Å²) in [6.45, 7) is 4.04. The molecule has 0 aromatic heterocycles. The largest absolute Gasteiger partial charge is 0.497 e. The molecule has 0 heterocycles. The molecule has 0 unspecified atom stereocenters. The van der Waals surface area contributed by atoms with Crippen LogP contribution >= 0.6 is 15.9 Å². The second kappa shape index (κ2) is 7.35. The van der Waals surface area contributed by atoms with Gasteiger partial charge in [-0.3, -0.25) is 0 Å². The molecule has 6 heteroatoms. The molecule has 1 aromatic rings. The molecule has 19 heavy (non-hydrogen) atoms. The lowest BCUT2D eigenvalue weighted by atomic mass is 10.3. The van der Waals surface area contributed by atoms with Crippen LogP contribution in [0.15, 0.2) is 22.7 Å². The maximum absolute atomic E-state index is 12.1. The topological polar surface area (TPSA) is 61.8 Å². The predicted octanol–water partition coefficient (Wildman–Crippen LogP) is 2.69. The van der Waals surface area contributed by atoms with Crippen LogP contribution in [0.4, 0.5) is 10.5 Å². The van der Waals surface area contributed by atoms with Crippen molar-refractivity contribution in [2.45, 2.75) is 19.9 Å². The van der Waals surface area contributed by atoms with Crippen molar-refractivity contribution in [1.29, 1.82) is 0 Å². The number of hydrogen-bond donors (Lipinski definition) is 2. The van der Waals surface area contributed by atoms with Gasteiger partial charge in [0.15, 0.2) is 0 Å². The molecule has 0 bridgehead atoms. The predicted molar refractivity (Wildman–Crippen MR) is 78.6 cm³/mol. The van der Waals surface area contributed by atoms with Gasteiger partial charge in [0, 0.05) is 28.8 Å². The summed E-state index contributed by atoms with van der Waals surface area (Å²) in [6, 6.07) is 5.10. The molecule has 0 radical (unpaired) electrons. The second-order valence-corrected chi connectivity index (χ2v) is 5.24. The minimum atomic E-state index is -0.246. The lowest BCUT2D eigenvalue weighted by Crippen LogP contribution is -2.41. The third-order valence-corrected chi connectivity index (χ3v) is 3.04. The molecule has 5 nitrogen and oxygen atoms in total. The number of hydrogen-bond acceptors (Lipinski definition) is 3. The Morgan fingerprint density at radius 3 is 2.68 bits per heavy atom. The zero-order chi connectivity index (χ0) is 14.4. The lowest BCUT2D eigenvalue weighted by Gasteiger charge is -2.26. The molecule has 1 aromatic carbocycles. The van der Waals surface area contributed by atoms with Crippen LogP contribution in [0.2, 0.25) is 0 Å². The summed E-state index contributed by atoms with van der Waals surface area (Å²) in [5.41, 5.74) is 0.639. The van der Waals surface area contributed by atoms with Crippen molar-refractivity contribution in [1.82, 2.24) is 4.90 Å². The van der Waals surface area contributed by atoms with Crippen LogP contribution in [0.25, 0.3) is 0 Å². The van der Waals surface area contributed by atoms with Crippen LogP contribution in [-0.4, -0.2) is 42.3 Å². The van der Waals surface area contributed by atoms with E-state index in [0.717, 1.165) is 4.47 Å². The van der Waals surface area contributed by atoms with Gasteiger partial charge in [-0.05, 0) is 26.0 Å². The third kappa shape index (κ3) is 4.72. The first-order valence-corrected chi connectivity index (χ1v) is 6.80. The fourth-order valence-electron chi connectivity index (χ4n) is 1.65. The Morgan fingerprint density at radius 2 is 2.16 bits per heavy atom. The number of urea groups is 1. The lowest BCUT2D eigenvalue weighted by molar-refractivity contribution is 0.172. The van der Waals surface area contributed by atoms with Crippen molar-refractivity contribution < 1.29 is 14.6 Å². The molecule has 2 N–H and O–H groups in total. The first-order chi connectivity index (χ1) is 8.97. The number of nitrogens with zero attached hydrogens (tertiary/aromatic N) is 1. The van der Waals surface area contributed by atoms with Gasteiger partial charge in [-0.1, -0.05) is 15.9 Å². The smallest absolute Gasteiger partial charge is 0.322 e. The van der Waals surface area contributed by atoms with Crippen LogP contribution in [0.5, 0.6) is 5.75 Å². The summed E-state index contributed by atoms with van der Waals surface area (Å²) in [5, 5.41) is 11.8. The van der Waals surface area contributed by atoms with Gasteiger partial charge in [-0.25, -0.2) is 4.79 Å². The molecule has 0 fully saturated rings. The van der Waals surface area contributed by atoms with E-state index in [0.29, 0.717) is 18.0 Å². The fraction of sp³-hybridized carbons (Fsp3) is 0.462. The van der Waals surface area contributed by atoms with E-state index in [2.05, 4.69) is 21.2 Å². The summed E-state index contributed by atoms with van der Waals surface area (Å²) in [6.07, 6.45) is 0. The molecule has 0 saturated heterocycles. The van der Waals surface area contributed by atoms with Crippen LogP contribution in [0, 0.1) is 0 Å². The van der Waals surface area contributed by atoms with E-state index in [1.54, 1.807) is 24.1 Å². The number of benzene rings is 1. The molecule has 0 spiro atoms. The number of halogens is 1. The molecule has 106 valence electrons. The Kier molecular flexibility index (Phi) is 6.11. The highest BCUT2D eigenvalue weighted by molar-refractivity contribution is 9.10. The van der Waals surface area contributed by atoms with Gasteiger partial charge in [0.1, 0.15) is 5.75 Å². The molecule has 0 aliphatic heterocycles. The number of carbonyl (C=O) groups excluding carboxylic acids is 1. The Bertz CT molecular complexity index is 438. The summed E-state index contributed by atoms with van der Waals surface area (Å²) in [5.74, 6) is 0.655. The molecule has 0 aliphatic rings. The first kappa shape index (κ1) is 15.8. The van der Waals surface area contributed by atoms with Crippen molar-refractivity contribution in [3.05, 3.63) is 22.7 Å². The Labute approximate surface area is 121 Å². The maximum atomic E-state index is 12.1. The number of aliphatic hydroxyl groups is 1. The molecule has 1 rings (SSSR count). The number of nitrogens with one attached hydrogen (secondary N) is 1. The Balaban J connectivity index is 2.82. The molecular formula is C13H19BrN2O3. The van der Waals surface area contributed by atoms with E-state index in [4.69, 9.17) is 9.84 Å². The van der Waals surface area contributed by atoms with Crippen molar-refractivity contribution in [3.8, 4) is 5.75 Å². The van der Waals surface area contributed by atoms with E-state index in [1.807, 2.05) is 19.9 Å². The Hall–Kier alpha value is -1.27. The maximum Gasteiger partial charge on any atom is 0.322 e. The van der Waals surface area contributed by atoms with Crippen LogP contribution in [0.3, 0.4) is 0 Å². The average Bonchev–Trinajstić information content (AvgIpc) is 2.34. The number of rotatable bonds is 5. The quantitative estimate of drug-likeness (QED) is 0.872. The molecular weight excluding hydrogens is 312 g/mol. The summed E-state index contributed by atoms with van der Waals surface area (Å²) in [4.78, 5) is 13.7. The van der Waals surface area contributed by atoms with Gasteiger partial charge < -0.3 is 20.1 Å². The monoisotopic (exact) mass is 330 g/mol. The summed E-state index contributed by atoms with van der Waals surface area (Å²) >= 11 is 3.36. The fourth-order valence-corrected chi connectivity index (χ4v) is 2.12. The first-order valence-electron chi connectivity index (χ1n) is 6.01. The van der Waals surface area contributed by atoms with E-state index in [9.17, 15) is 4.79 Å². The van der Waals surface area contributed by atoms with Gasteiger partial charge in [-0.15, -0.1) is 0 Å². The van der Waals surface area contributed by atoms with Gasteiger partial charge in [-0.2, -0.15) is 0 Å². The van der Waals surface area contributed by atoms with Crippen molar-refractivity contribution in [3.63, 3.8) is 0 Å². The van der Waals surface area contributed by atoms with E-state index in [-0.39, 0.29) is 18.7 Å². The molecule has 0 atom stereocenters. The van der Waals surface area contributed by atoms with Gasteiger partial charge >= 0.3 is 6.03 Å². The minimum absolute atomic E-state index is 0.0150. The third-order valence-electron chi connectivity index (χ3n) is 2.58. The highest BCUT2D eigenvalue weighted by Crippen LogP contribution is 2.24. The number of anilines is 1. The van der Waals surface area contributed by atoms with E-state index in [1.165, 1.54) is 0 Å². The zero-order valence-electron chi connectivity index (χ0n) is 11.3. The van der Waals surface area contributed by atoms with Crippen LogP contribution in [-0.2, 0) is 0 Å². The van der Waals surface area contributed by atoms with Crippen molar-refractivity contribution in [2.75, 3.05) is 25.6 Å². The normalized spacial score (nSPS) is 10.4. The number of aliphatic hydroxyl groups excluding tert-OH is 1. The average molecular weight is 331 g/mol. The second-order valence-electron chi connectivity index (χ2n) is 4.32. The van der Waals surface area contributed by atoms with Crippen LogP contribution in [0.1, 0.15) is 13.8 Å². The van der Waals surface area contributed by atoms with Gasteiger partial charge in [0.25, 0.3) is 0 Å². The number of methoxy groups -OCH3 is 1. The van der Waals surface area contributed by atoms with Crippen molar-refractivity contribution in [2.24, 2.45) is 0 Å². The zero-order valence-corrected chi connectivity index (χ0v) is 12.9. The standard InChI is InChI=1S/C13H19BrN2O3/c1-9(2)16(4-5-17)13(18)15-11-6-10(14)7-12(8-11)19-3/h6-9,17H,4-5H2,1-3H3,(H,15,18). The van der Waals surface area contributed by atoms with E-state index >= 15 is 0 Å². The van der Waals surface area contributed by atoms with E-state index < -0.39 is 0 Å². The minimum Gasteiger partial charge on any atom is -0.497 e. The highest BCUT2D eigenvalue weighted by Gasteiger charge is 2.16. The number of amides is 2. The summed E-state index contributed by atoms with van der Waals surface area (Å²) < 4.78 is 5.96. The van der Waals surface area contributed by atoms with Crippen LogP contribution < -0.4 is 10.1 Å². The Morgan fingerprint density at radius 1 is 1.47 bits per heavy atom. The molecule has 0 saturated carbocycles. The number of ether oxygens (including phenoxy) is 1. The van der Waals surface area contributed by atoms with Gasteiger partial charge in [0.05, 0.1) is 13.7 Å². The molecule has 0 aliphatic carbocycles. The number of carbonyl (C=O) groups is 1.